The number of nitrogens with zero attached hydrogens (tertiary/aromatic N) is 1. The number of anilines is 1. The van der Waals surface area contributed by atoms with Crippen molar-refractivity contribution < 1.29 is 9.59 Å². The summed E-state index contributed by atoms with van der Waals surface area (Å²) in [5.74, 6) is 0.608. The molecule has 2 aliphatic rings. The van der Waals surface area contributed by atoms with Gasteiger partial charge in [-0.05, 0) is 36.5 Å². The molecule has 1 aromatic carbocycles. The number of hydrogen-bond acceptors (Lipinski definition) is 2. The molecule has 1 N–H and O–H groups in total. The standard InChI is InChI=1S/C15H18N2O2/c1-17-13-5-2-10(8-12(13)9-14(17)18)6-7-16-15(19)11-3-4-11/h2,5,8,11H,3-4,6-7,9H2,1H3,(H,16,19). The zero-order valence-corrected chi connectivity index (χ0v) is 11.1. The fraction of sp³-hybridized carbons (Fsp3) is 0.467. The minimum absolute atomic E-state index is 0.147. The van der Waals surface area contributed by atoms with Gasteiger partial charge in [-0.15, -0.1) is 0 Å². The molecule has 4 heteroatoms. The number of amides is 2. The fourth-order valence-electron chi connectivity index (χ4n) is 2.50. The van der Waals surface area contributed by atoms with E-state index in [0.717, 1.165) is 30.5 Å². The lowest BCUT2D eigenvalue weighted by atomic mass is 10.1. The Bertz CT molecular complexity index is 535. The van der Waals surface area contributed by atoms with Crippen LogP contribution < -0.4 is 10.2 Å². The predicted molar refractivity (Wildman–Crippen MR) is 73.0 cm³/mol. The van der Waals surface area contributed by atoms with Crippen molar-refractivity contribution in [1.29, 1.82) is 0 Å². The molecule has 0 unspecified atom stereocenters. The molecule has 1 saturated carbocycles. The van der Waals surface area contributed by atoms with Crippen molar-refractivity contribution in [2.45, 2.75) is 25.7 Å². The van der Waals surface area contributed by atoms with Crippen molar-refractivity contribution in [3.8, 4) is 0 Å². The molecule has 0 spiro atoms. The Balaban J connectivity index is 1.59. The molecule has 0 atom stereocenters. The highest BCUT2D eigenvalue weighted by atomic mass is 16.2. The summed E-state index contributed by atoms with van der Waals surface area (Å²) < 4.78 is 0. The van der Waals surface area contributed by atoms with E-state index >= 15 is 0 Å². The first-order chi connectivity index (χ1) is 9.15. The Kier molecular flexibility index (Phi) is 3.01. The van der Waals surface area contributed by atoms with E-state index in [0.29, 0.717) is 13.0 Å². The first-order valence-electron chi connectivity index (χ1n) is 6.81. The predicted octanol–water partition coefficient (Wildman–Crippen LogP) is 1.27. The molecular formula is C15H18N2O2. The highest BCUT2D eigenvalue weighted by Gasteiger charge is 2.29. The van der Waals surface area contributed by atoms with Gasteiger partial charge in [0.05, 0.1) is 6.42 Å². The van der Waals surface area contributed by atoms with E-state index in [9.17, 15) is 9.59 Å². The number of nitrogens with one attached hydrogen (secondary N) is 1. The van der Waals surface area contributed by atoms with Crippen molar-refractivity contribution in [1.82, 2.24) is 5.32 Å². The Morgan fingerprint density at radius 1 is 1.42 bits per heavy atom. The fourth-order valence-corrected chi connectivity index (χ4v) is 2.50. The molecule has 19 heavy (non-hydrogen) atoms. The molecule has 4 nitrogen and oxygen atoms in total. The van der Waals surface area contributed by atoms with Crippen molar-refractivity contribution in [3.63, 3.8) is 0 Å². The van der Waals surface area contributed by atoms with E-state index in [1.807, 2.05) is 19.2 Å². The SMILES string of the molecule is CN1C(=O)Cc2cc(CCNC(=O)C3CC3)ccc21. The van der Waals surface area contributed by atoms with E-state index in [1.165, 1.54) is 5.56 Å². The van der Waals surface area contributed by atoms with Gasteiger partial charge in [-0.3, -0.25) is 9.59 Å². The zero-order valence-electron chi connectivity index (χ0n) is 11.1. The largest absolute Gasteiger partial charge is 0.356 e. The average molecular weight is 258 g/mol. The number of carbonyl (C=O) groups excluding carboxylic acids is 2. The van der Waals surface area contributed by atoms with Crippen LogP contribution in [-0.4, -0.2) is 25.4 Å². The van der Waals surface area contributed by atoms with E-state index in [-0.39, 0.29) is 17.7 Å². The van der Waals surface area contributed by atoms with Crippen LogP contribution in [0.25, 0.3) is 0 Å². The van der Waals surface area contributed by atoms with Crippen LogP contribution in [0.2, 0.25) is 0 Å². The van der Waals surface area contributed by atoms with Crippen LogP contribution in [0.3, 0.4) is 0 Å². The summed E-state index contributed by atoms with van der Waals surface area (Å²) in [6.45, 7) is 0.678. The van der Waals surface area contributed by atoms with Gasteiger partial charge in [0.1, 0.15) is 0 Å². The quantitative estimate of drug-likeness (QED) is 0.884. The number of hydrogen-bond donors (Lipinski definition) is 1. The maximum atomic E-state index is 11.6. The molecule has 1 heterocycles. The van der Waals surface area contributed by atoms with Crippen molar-refractivity contribution in [2.75, 3.05) is 18.5 Å². The van der Waals surface area contributed by atoms with Gasteiger partial charge in [0, 0.05) is 25.2 Å². The average Bonchev–Trinajstić information content (AvgIpc) is 3.18. The van der Waals surface area contributed by atoms with E-state index in [4.69, 9.17) is 0 Å². The van der Waals surface area contributed by atoms with Crippen LogP contribution in [0.1, 0.15) is 24.0 Å². The van der Waals surface area contributed by atoms with Gasteiger partial charge in [0.25, 0.3) is 0 Å². The van der Waals surface area contributed by atoms with Gasteiger partial charge in [-0.1, -0.05) is 12.1 Å². The van der Waals surface area contributed by atoms with Crippen LogP contribution >= 0.6 is 0 Å². The second kappa shape index (κ2) is 4.68. The molecule has 0 saturated heterocycles. The van der Waals surface area contributed by atoms with Crippen LogP contribution in [0.15, 0.2) is 18.2 Å². The van der Waals surface area contributed by atoms with Gasteiger partial charge in [-0.2, -0.15) is 0 Å². The number of fused-ring (bicyclic) bond motifs is 1. The summed E-state index contributed by atoms with van der Waals surface area (Å²) in [5.41, 5.74) is 3.28. The Morgan fingerprint density at radius 3 is 2.95 bits per heavy atom. The van der Waals surface area contributed by atoms with Gasteiger partial charge in [-0.25, -0.2) is 0 Å². The molecule has 100 valence electrons. The normalized spacial score (nSPS) is 17.5. The lowest BCUT2D eigenvalue weighted by molar-refractivity contribution is -0.122. The van der Waals surface area contributed by atoms with E-state index < -0.39 is 0 Å². The Hall–Kier alpha value is -1.84. The highest BCUT2D eigenvalue weighted by Crippen LogP contribution is 2.29. The third-order valence-corrected chi connectivity index (χ3v) is 3.88. The molecule has 2 amide bonds. The minimum Gasteiger partial charge on any atom is -0.356 e. The first kappa shape index (κ1) is 12.2. The van der Waals surface area contributed by atoms with Crippen molar-refractivity contribution >= 4 is 17.5 Å². The maximum absolute atomic E-state index is 11.6. The molecule has 3 rings (SSSR count). The second-order valence-corrected chi connectivity index (χ2v) is 5.41. The van der Waals surface area contributed by atoms with E-state index in [2.05, 4.69) is 11.4 Å². The minimum atomic E-state index is 0.147. The van der Waals surface area contributed by atoms with Gasteiger partial charge in [0.2, 0.25) is 11.8 Å². The first-order valence-corrected chi connectivity index (χ1v) is 6.81. The molecule has 1 aliphatic heterocycles. The number of rotatable bonds is 4. The van der Waals surface area contributed by atoms with Crippen molar-refractivity contribution in [2.24, 2.45) is 5.92 Å². The molecule has 1 fully saturated rings. The summed E-state index contributed by atoms with van der Waals surface area (Å²) >= 11 is 0. The molecule has 0 radical (unpaired) electrons. The van der Waals surface area contributed by atoms with Gasteiger partial charge in [0.15, 0.2) is 0 Å². The summed E-state index contributed by atoms with van der Waals surface area (Å²) in [4.78, 5) is 24.8. The molecular weight excluding hydrogens is 240 g/mol. The number of likely N-dealkylation sites (N-methyl/N-ethyl adjacent to an activating group) is 1. The van der Waals surface area contributed by atoms with E-state index in [1.54, 1.807) is 4.90 Å². The maximum Gasteiger partial charge on any atom is 0.231 e. The summed E-state index contributed by atoms with van der Waals surface area (Å²) in [6.07, 6.45) is 3.40. The highest BCUT2D eigenvalue weighted by molar-refractivity contribution is 6.00. The van der Waals surface area contributed by atoms with Crippen LogP contribution in [0, 0.1) is 5.92 Å². The number of benzene rings is 1. The van der Waals surface area contributed by atoms with Gasteiger partial charge >= 0.3 is 0 Å². The topological polar surface area (TPSA) is 49.4 Å². The summed E-state index contributed by atoms with van der Waals surface area (Å²) in [6, 6.07) is 6.12. The lowest BCUT2D eigenvalue weighted by Crippen LogP contribution is -2.26. The Morgan fingerprint density at radius 2 is 2.21 bits per heavy atom. The lowest BCUT2D eigenvalue weighted by Gasteiger charge is -2.10. The molecule has 1 aliphatic carbocycles. The summed E-state index contributed by atoms with van der Waals surface area (Å²) in [5, 5.41) is 2.96. The second-order valence-electron chi connectivity index (χ2n) is 5.41. The Labute approximate surface area is 112 Å². The smallest absolute Gasteiger partial charge is 0.231 e. The van der Waals surface area contributed by atoms with Gasteiger partial charge < -0.3 is 10.2 Å². The van der Waals surface area contributed by atoms with Crippen molar-refractivity contribution in [3.05, 3.63) is 29.3 Å². The van der Waals surface area contributed by atoms with Crippen LogP contribution in [0.4, 0.5) is 5.69 Å². The molecule has 0 aromatic heterocycles. The summed E-state index contributed by atoms with van der Waals surface area (Å²) in [7, 11) is 1.81. The third-order valence-electron chi connectivity index (χ3n) is 3.88. The van der Waals surface area contributed by atoms with Crippen LogP contribution in [-0.2, 0) is 22.4 Å². The monoisotopic (exact) mass is 258 g/mol. The molecule has 0 bridgehead atoms. The third kappa shape index (κ3) is 2.48. The van der Waals surface area contributed by atoms with Crippen LogP contribution in [0.5, 0.6) is 0 Å². The zero-order chi connectivity index (χ0) is 13.4. The number of carbonyl (C=O) groups is 2. The molecule has 1 aromatic rings.